The lowest BCUT2D eigenvalue weighted by Gasteiger charge is -2.32. The fourth-order valence-corrected chi connectivity index (χ4v) is 3.86. The van der Waals surface area contributed by atoms with Crippen LogP contribution in [0.2, 0.25) is 0 Å². The molecule has 1 aromatic carbocycles. The van der Waals surface area contributed by atoms with Crippen LogP contribution in [0.15, 0.2) is 36.5 Å². The van der Waals surface area contributed by atoms with Gasteiger partial charge in [0.2, 0.25) is 0 Å². The van der Waals surface area contributed by atoms with Gasteiger partial charge >= 0.3 is 12.8 Å². The standard InChI is InChI=1S/C21H19F6N3O4/c1-9-15(12-4-3-10(22)7-14(12)33-19(23)24)16(34-20(9,2)21(25,26)27)18(32)30-11-5-6-29-13(8-11)17(28)31/h3-9,15-16,19H,1-2H3,(H2,28,31)(H,29,30,32)/t9-,15-,16+,20-/m0/s1. The van der Waals surface area contributed by atoms with Gasteiger partial charge in [0.25, 0.3) is 11.8 Å². The number of carbonyl (C=O) groups excluding carboxylic acids is 2. The summed E-state index contributed by atoms with van der Waals surface area (Å²) < 4.78 is 90.9. The first-order chi connectivity index (χ1) is 15.7. The highest BCUT2D eigenvalue weighted by Crippen LogP contribution is 2.54. The number of nitrogens with two attached hydrogens (primary N) is 1. The maximum Gasteiger partial charge on any atom is 0.417 e. The van der Waals surface area contributed by atoms with E-state index in [1.165, 1.54) is 6.07 Å². The number of aromatic nitrogens is 1. The van der Waals surface area contributed by atoms with Gasteiger partial charge in [0, 0.05) is 35.3 Å². The number of primary amides is 1. The number of anilines is 1. The Morgan fingerprint density at radius 1 is 1.24 bits per heavy atom. The van der Waals surface area contributed by atoms with Crippen LogP contribution in [-0.4, -0.2) is 41.3 Å². The van der Waals surface area contributed by atoms with Gasteiger partial charge in [0.1, 0.15) is 23.4 Å². The summed E-state index contributed by atoms with van der Waals surface area (Å²) in [5.41, 5.74) is 1.77. The lowest BCUT2D eigenvalue weighted by Crippen LogP contribution is -2.47. The van der Waals surface area contributed by atoms with E-state index in [9.17, 15) is 35.9 Å². The van der Waals surface area contributed by atoms with Crippen LogP contribution in [0.4, 0.5) is 32.0 Å². The molecule has 1 saturated heterocycles. The van der Waals surface area contributed by atoms with Crippen LogP contribution in [0.25, 0.3) is 0 Å². The molecule has 3 N–H and O–H groups in total. The van der Waals surface area contributed by atoms with E-state index in [1.807, 2.05) is 0 Å². The molecule has 184 valence electrons. The van der Waals surface area contributed by atoms with Crippen LogP contribution in [0.1, 0.15) is 35.8 Å². The van der Waals surface area contributed by atoms with Gasteiger partial charge in [-0.15, -0.1) is 0 Å². The van der Waals surface area contributed by atoms with Gasteiger partial charge in [-0.1, -0.05) is 13.0 Å². The number of benzene rings is 1. The molecule has 2 aromatic rings. The summed E-state index contributed by atoms with van der Waals surface area (Å²) in [6, 6.07) is 4.76. The van der Waals surface area contributed by atoms with Gasteiger partial charge in [-0.05, 0) is 25.1 Å². The highest BCUT2D eigenvalue weighted by Gasteiger charge is 2.65. The number of halogens is 6. The van der Waals surface area contributed by atoms with Crippen molar-refractivity contribution in [2.24, 2.45) is 11.7 Å². The van der Waals surface area contributed by atoms with Gasteiger partial charge in [0.15, 0.2) is 5.60 Å². The summed E-state index contributed by atoms with van der Waals surface area (Å²) in [4.78, 5) is 28.0. The van der Waals surface area contributed by atoms with Crippen molar-refractivity contribution in [1.82, 2.24) is 4.98 Å². The molecule has 13 heteroatoms. The van der Waals surface area contributed by atoms with Crippen molar-refractivity contribution in [2.45, 2.75) is 44.3 Å². The Bertz CT molecular complexity index is 1100. The third kappa shape index (κ3) is 4.79. The van der Waals surface area contributed by atoms with E-state index in [0.717, 1.165) is 38.2 Å². The molecule has 1 fully saturated rings. The number of alkyl halides is 5. The fraction of sp³-hybridized carbons (Fsp3) is 0.381. The molecule has 0 unspecified atom stereocenters. The third-order valence-electron chi connectivity index (χ3n) is 5.76. The number of nitrogens with zero attached hydrogens (tertiary/aromatic N) is 1. The molecule has 1 aromatic heterocycles. The Balaban J connectivity index is 2.06. The number of pyridine rings is 1. The van der Waals surface area contributed by atoms with Crippen molar-refractivity contribution in [3.8, 4) is 5.75 Å². The first kappa shape index (κ1) is 25.3. The van der Waals surface area contributed by atoms with Crippen molar-refractivity contribution < 1.29 is 45.4 Å². The lowest BCUT2D eigenvalue weighted by atomic mass is 9.77. The summed E-state index contributed by atoms with van der Waals surface area (Å²) in [5, 5.41) is 2.32. The average molecular weight is 491 g/mol. The van der Waals surface area contributed by atoms with E-state index in [1.54, 1.807) is 0 Å². The van der Waals surface area contributed by atoms with Gasteiger partial charge < -0.3 is 20.5 Å². The molecule has 1 aliphatic heterocycles. The van der Waals surface area contributed by atoms with Crippen molar-refractivity contribution in [3.05, 3.63) is 53.6 Å². The van der Waals surface area contributed by atoms with Gasteiger partial charge in [-0.25, -0.2) is 4.39 Å². The van der Waals surface area contributed by atoms with Crippen molar-refractivity contribution >= 4 is 17.5 Å². The van der Waals surface area contributed by atoms with Gasteiger partial charge in [0.05, 0.1) is 0 Å². The molecule has 4 atom stereocenters. The average Bonchev–Trinajstić information content (AvgIpc) is 3.00. The molecule has 0 radical (unpaired) electrons. The second kappa shape index (κ2) is 9.12. The SMILES string of the molecule is C[C@H]1[C@@H](c2ccc(F)cc2OC(F)F)[C@H](C(=O)Nc2ccnc(C(N)=O)c2)O[C@]1(C)C(F)(F)F. The minimum Gasteiger partial charge on any atom is -0.434 e. The normalized spacial score (nSPS) is 24.8. The third-order valence-corrected chi connectivity index (χ3v) is 5.76. The summed E-state index contributed by atoms with van der Waals surface area (Å²) in [7, 11) is 0. The van der Waals surface area contributed by atoms with Crippen molar-refractivity contribution in [1.29, 1.82) is 0 Å². The van der Waals surface area contributed by atoms with E-state index < -0.39 is 59.7 Å². The zero-order valence-corrected chi connectivity index (χ0v) is 17.7. The summed E-state index contributed by atoms with van der Waals surface area (Å²) in [6.07, 6.45) is -5.66. The summed E-state index contributed by atoms with van der Waals surface area (Å²) in [6.45, 7) is -1.53. The molecule has 3 rings (SSSR count). The van der Waals surface area contributed by atoms with Gasteiger partial charge in [-0.3, -0.25) is 14.6 Å². The first-order valence-electron chi connectivity index (χ1n) is 9.80. The molecule has 1 aliphatic rings. The Kier molecular flexibility index (Phi) is 6.78. The Hall–Kier alpha value is -3.35. The molecule has 0 aliphatic carbocycles. The van der Waals surface area contributed by atoms with E-state index in [4.69, 9.17) is 10.5 Å². The minimum atomic E-state index is -4.95. The van der Waals surface area contributed by atoms with E-state index in [-0.39, 0.29) is 16.9 Å². The van der Waals surface area contributed by atoms with Gasteiger partial charge in [-0.2, -0.15) is 22.0 Å². The smallest absolute Gasteiger partial charge is 0.417 e. The molecule has 2 amide bonds. The number of carbonyl (C=O) groups is 2. The Labute approximate surface area is 189 Å². The highest BCUT2D eigenvalue weighted by atomic mass is 19.4. The molecule has 0 bridgehead atoms. The zero-order valence-electron chi connectivity index (χ0n) is 17.7. The van der Waals surface area contributed by atoms with Crippen molar-refractivity contribution in [2.75, 3.05) is 5.32 Å². The van der Waals surface area contributed by atoms with Crippen LogP contribution in [-0.2, 0) is 9.53 Å². The van der Waals surface area contributed by atoms with Crippen LogP contribution in [0.5, 0.6) is 5.75 Å². The number of hydrogen-bond acceptors (Lipinski definition) is 5. The maximum atomic E-state index is 13.9. The maximum absolute atomic E-state index is 13.9. The lowest BCUT2D eigenvalue weighted by molar-refractivity contribution is -0.272. The zero-order chi connectivity index (χ0) is 25.4. The molecule has 0 saturated carbocycles. The Morgan fingerprint density at radius 2 is 1.91 bits per heavy atom. The first-order valence-corrected chi connectivity index (χ1v) is 9.80. The molecular formula is C21H19F6N3O4. The number of amides is 2. The predicted molar refractivity (Wildman–Crippen MR) is 106 cm³/mol. The van der Waals surface area contributed by atoms with Crippen molar-refractivity contribution in [3.63, 3.8) is 0 Å². The largest absolute Gasteiger partial charge is 0.434 e. The van der Waals surface area contributed by atoms with E-state index in [0.29, 0.717) is 6.07 Å². The summed E-state index contributed by atoms with van der Waals surface area (Å²) in [5.74, 6) is -6.62. The highest BCUT2D eigenvalue weighted by molar-refractivity contribution is 5.97. The van der Waals surface area contributed by atoms with E-state index in [2.05, 4.69) is 15.0 Å². The summed E-state index contributed by atoms with van der Waals surface area (Å²) >= 11 is 0. The number of ether oxygens (including phenoxy) is 2. The number of nitrogens with one attached hydrogen (secondary N) is 1. The van der Waals surface area contributed by atoms with Crippen LogP contribution >= 0.6 is 0 Å². The number of rotatable bonds is 6. The Morgan fingerprint density at radius 3 is 2.50 bits per heavy atom. The minimum absolute atomic E-state index is 0.0208. The van der Waals surface area contributed by atoms with Crippen LogP contribution < -0.4 is 15.8 Å². The quantitative estimate of drug-likeness (QED) is 0.595. The van der Waals surface area contributed by atoms with E-state index >= 15 is 0 Å². The molecular weight excluding hydrogens is 472 g/mol. The topological polar surface area (TPSA) is 104 Å². The van der Waals surface area contributed by atoms with Crippen LogP contribution in [0.3, 0.4) is 0 Å². The molecule has 7 nitrogen and oxygen atoms in total. The van der Waals surface area contributed by atoms with Crippen LogP contribution in [0, 0.1) is 11.7 Å². The monoisotopic (exact) mass is 491 g/mol. The molecule has 0 spiro atoms. The predicted octanol–water partition coefficient (Wildman–Crippen LogP) is 4.00. The second-order valence-corrected chi connectivity index (χ2v) is 7.80. The fourth-order valence-electron chi connectivity index (χ4n) is 3.86. The molecule has 2 heterocycles. The second-order valence-electron chi connectivity index (χ2n) is 7.80. The number of hydrogen-bond donors (Lipinski definition) is 2. The molecule has 34 heavy (non-hydrogen) atoms.